The normalized spacial score (nSPS) is 10.4. The lowest BCUT2D eigenvalue weighted by Crippen LogP contribution is -2.21. The molecule has 0 radical (unpaired) electrons. The molecule has 1 aromatic heterocycles. The molecule has 0 unspecified atom stereocenters. The summed E-state index contributed by atoms with van der Waals surface area (Å²) in [6.45, 7) is 3.77. The Morgan fingerprint density at radius 2 is 2.45 bits per heavy atom. The van der Waals surface area contributed by atoms with Crippen LogP contribution in [0, 0.1) is 6.92 Å². The van der Waals surface area contributed by atoms with Gasteiger partial charge in [0.25, 0.3) is 0 Å². The van der Waals surface area contributed by atoms with Crippen LogP contribution in [0.2, 0.25) is 0 Å². The molecule has 5 nitrogen and oxygen atoms in total. The zero-order valence-electron chi connectivity index (χ0n) is 6.50. The van der Waals surface area contributed by atoms with E-state index in [9.17, 15) is 0 Å². The summed E-state index contributed by atoms with van der Waals surface area (Å²) in [4.78, 5) is 4.00. The smallest absolute Gasteiger partial charge is 0.240 e. The largest absolute Gasteiger partial charge is 0.338 e. The van der Waals surface area contributed by atoms with E-state index in [0.717, 1.165) is 6.54 Å². The first-order valence-corrected chi connectivity index (χ1v) is 3.53. The Hall–Kier alpha value is -0.940. The first-order valence-electron chi connectivity index (χ1n) is 3.53. The van der Waals surface area contributed by atoms with E-state index in [4.69, 9.17) is 10.3 Å². The maximum atomic E-state index is 5.27. The maximum Gasteiger partial charge on any atom is 0.240 e. The van der Waals surface area contributed by atoms with E-state index in [2.05, 4.69) is 15.5 Å². The van der Waals surface area contributed by atoms with Gasteiger partial charge in [0.2, 0.25) is 5.89 Å². The van der Waals surface area contributed by atoms with Crippen LogP contribution in [-0.2, 0) is 6.54 Å². The van der Waals surface area contributed by atoms with Gasteiger partial charge in [0.1, 0.15) is 0 Å². The highest BCUT2D eigenvalue weighted by Gasteiger charge is 1.99. The molecule has 0 aliphatic rings. The molecule has 0 amide bonds. The molecule has 5 heteroatoms. The zero-order valence-corrected chi connectivity index (χ0v) is 6.50. The lowest BCUT2D eigenvalue weighted by Gasteiger charge is -1.95. The van der Waals surface area contributed by atoms with Crippen LogP contribution < -0.4 is 11.1 Å². The molecule has 0 saturated carbocycles. The van der Waals surface area contributed by atoms with Crippen LogP contribution >= 0.6 is 0 Å². The van der Waals surface area contributed by atoms with Gasteiger partial charge in [-0.1, -0.05) is 5.16 Å². The van der Waals surface area contributed by atoms with Gasteiger partial charge in [-0.3, -0.25) is 0 Å². The standard InChI is InChI=1S/C6H12N4O/c1-5-9-6(11-10-5)4-8-3-2-7/h8H,2-4,7H2,1H3. The predicted octanol–water partition coefficient (Wildman–Crippen LogP) is -0.574. The highest BCUT2D eigenvalue weighted by Crippen LogP contribution is 1.93. The van der Waals surface area contributed by atoms with Crippen LogP contribution in [0.4, 0.5) is 0 Å². The number of aromatic nitrogens is 2. The summed E-state index contributed by atoms with van der Waals surface area (Å²) in [6, 6.07) is 0. The average Bonchev–Trinajstić information content (AvgIpc) is 2.37. The number of rotatable bonds is 4. The van der Waals surface area contributed by atoms with Gasteiger partial charge in [-0.15, -0.1) is 0 Å². The van der Waals surface area contributed by atoms with Gasteiger partial charge < -0.3 is 15.6 Å². The quantitative estimate of drug-likeness (QED) is 0.571. The third-order valence-electron chi connectivity index (χ3n) is 1.17. The molecule has 0 spiro atoms. The van der Waals surface area contributed by atoms with E-state index in [0.29, 0.717) is 24.8 Å². The Bertz CT molecular complexity index is 210. The molecule has 0 aliphatic carbocycles. The van der Waals surface area contributed by atoms with Gasteiger partial charge in [0.05, 0.1) is 6.54 Å². The van der Waals surface area contributed by atoms with Crippen LogP contribution in [0.3, 0.4) is 0 Å². The fraction of sp³-hybridized carbons (Fsp3) is 0.667. The number of nitrogens with two attached hydrogens (primary N) is 1. The molecular weight excluding hydrogens is 144 g/mol. The second-order valence-corrected chi connectivity index (χ2v) is 2.20. The monoisotopic (exact) mass is 156 g/mol. The van der Waals surface area contributed by atoms with Crippen LogP contribution in [0.15, 0.2) is 4.52 Å². The lowest BCUT2D eigenvalue weighted by atomic mass is 10.5. The number of nitrogens with one attached hydrogen (secondary N) is 1. The topological polar surface area (TPSA) is 77.0 Å². The first kappa shape index (κ1) is 8.16. The molecule has 0 bridgehead atoms. The molecule has 1 aromatic rings. The van der Waals surface area contributed by atoms with Crippen molar-refractivity contribution in [3.63, 3.8) is 0 Å². The van der Waals surface area contributed by atoms with Gasteiger partial charge in [0.15, 0.2) is 5.82 Å². The molecule has 11 heavy (non-hydrogen) atoms. The minimum atomic E-state index is 0.595. The highest BCUT2D eigenvalue weighted by molar-refractivity contribution is 4.81. The van der Waals surface area contributed by atoms with E-state index in [1.54, 1.807) is 6.92 Å². The van der Waals surface area contributed by atoms with E-state index < -0.39 is 0 Å². The Kier molecular flexibility index (Phi) is 3.00. The van der Waals surface area contributed by atoms with Crippen LogP contribution in [-0.4, -0.2) is 23.2 Å². The third-order valence-corrected chi connectivity index (χ3v) is 1.17. The van der Waals surface area contributed by atoms with Crippen LogP contribution in [0.1, 0.15) is 11.7 Å². The van der Waals surface area contributed by atoms with Crippen LogP contribution in [0.25, 0.3) is 0 Å². The molecule has 0 atom stereocenters. The average molecular weight is 156 g/mol. The summed E-state index contributed by atoms with van der Waals surface area (Å²) in [7, 11) is 0. The number of hydrogen-bond donors (Lipinski definition) is 2. The van der Waals surface area contributed by atoms with Crippen molar-refractivity contribution in [2.75, 3.05) is 13.1 Å². The Labute approximate surface area is 65.0 Å². The summed E-state index contributed by atoms with van der Waals surface area (Å²) in [6.07, 6.45) is 0. The minimum absolute atomic E-state index is 0.595. The summed E-state index contributed by atoms with van der Waals surface area (Å²) in [5.74, 6) is 1.27. The van der Waals surface area contributed by atoms with E-state index in [-0.39, 0.29) is 0 Å². The molecule has 62 valence electrons. The van der Waals surface area contributed by atoms with E-state index in [1.165, 1.54) is 0 Å². The van der Waals surface area contributed by atoms with Crippen molar-refractivity contribution < 1.29 is 4.52 Å². The Morgan fingerprint density at radius 3 is 3.00 bits per heavy atom. The molecular formula is C6H12N4O. The van der Waals surface area contributed by atoms with Crippen molar-refractivity contribution in [3.8, 4) is 0 Å². The van der Waals surface area contributed by atoms with Crippen molar-refractivity contribution >= 4 is 0 Å². The van der Waals surface area contributed by atoms with E-state index in [1.807, 2.05) is 0 Å². The van der Waals surface area contributed by atoms with Gasteiger partial charge in [-0.05, 0) is 6.92 Å². The maximum absolute atomic E-state index is 5.27. The van der Waals surface area contributed by atoms with Gasteiger partial charge in [-0.25, -0.2) is 0 Å². The predicted molar refractivity (Wildman–Crippen MR) is 39.8 cm³/mol. The number of hydrogen-bond acceptors (Lipinski definition) is 5. The number of aryl methyl sites for hydroxylation is 1. The molecule has 0 aromatic carbocycles. The minimum Gasteiger partial charge on any atom is -0.338 e. The molecule has 0 aliphatic heterocycles. The van der Waals surface area contributed by atoms with E-state index >= 15 is 0 Å². The first-order chi connectivity index (χ1) is 5.33. The van der Waals surface area contributed by atoms with Crippen molar-refractivity contribution in [2.45, 2.75) is 13.5 Å². The lowest BCUT2D eigenvalue weighted by molar-refractivity contribution is 0.365. The zero-order chi connectivity index (χ0) is 8.10. The number of nitrogens with zero attached hydrogens (tertiary/aromatic N) is 2. The Balaban J connectivity index is 2.27. The second kappa shape index (κ2) is 4.05. The highest BCUT2D eigenvalue weighted by atomic mass is 16.5. The van der Waals surface area contributed by atoms with Crippen molar-refractivity contribution in [1.29, 1.82) is 0 Å². The van der Waals surface area contributed by atoms with Gasteiger partial charge >= 0.3 is 0 Å². The fourth-order valence-electron chi connectivity index (χ4n) is 0.709. The van der Waals surface area contributed by atoms with Crippen LogP contribution in [0.5, 0.6) is 0 Å². The summed E-state index contributed by atoms with van der Waals surface area (Å²) in [5.41, 5.74) is 5.27. The summed E-state index contributed by atoms with van der Waals surface area (Å²) in [5, 5.41) is 6.68. The van der Waals surface area contributed by atoms with Crippen molar-refractivity contribution in [1.82, 2.24) is 15.5 Å². The molecule has 3 N–H and O–H groups in total. The SMILES string of the molecule is Cc1noc(CNCCN)n1. The Morgan fingerprint density at radius 1 is 1.64 bits per heavy atom. The summed E-state index contributed by atoms with van der Waals surface area (Å²) >= 11 is 0. The fourth-order valence-corrected chi connectivity index (χ4v) is 0.709. The molecule has 1 heterocycles. The molecule has 0 fully saturated rings. The second-order valence-electron chi connectivity index (χ2n) is 2.20. The van der Waals surface area contributed by atoms with Crippen molar-refractivity contribution in [2.24, 2.45) is 5.73 Å². The van der Waals surface area contributed by atoms with Gasteiger partial charge in [-0.2, -0.15) is 4.98 Å². The molecule has 0 saturated heterocycles. The summed E-state index contributed by atoms with van der Waals surface area (Å²) < 4.78 is 4.85. The molecule has 1 rings (SSSR count). The van der Waals surface area contributed by atoms with Crippen molar-refractivity contribution in [3.05, 3.63) is 11.7 Å². The third kappa shape index (κ3) is 2.65. The van der Waals surface area contributed by atoms with Gasteiger partial charge in [0, 0.05) is 13.1 Å².